The Morgan fingerprint density at radius 1 is 1.00 bits per heavy atom. The van der Waals surface area contributed by atoms with Gasteiger partial charge in [-0.05, 0) is 30.2 Å². The fraction of sp³-hybridized carbons (Fsp3) is 0.286. The van der Waals surface area contributed by atoms with E-state index in [2.05, 4.69) is 10.6 Å². The van der Waals surface area contributed by atoms with Gasteiger partial charge in [-0.1, -0.05) is 42.5 Å². The molecule has 2 aromatic carbocycles. The van der Waals surface area contributed by atoms with Gasteiger partial charge in [-0.25, -0.2) is 4.79 Å². The molecule has 0 radical (unpaired) electrons. The first-order chi connectivity index (χ1) is 14.3. The molecule has 0 heterocycles. The molecule has 0 spiro atoms. The summed E-state index contributed by atoms with van der Waals surface area (Å²) in [5, 5.41) is 24.0. The van der Waals surface area contributed by atoms with E-state index in [1.54, 1.807) is 36.4 Å². The fourth-order valence-electron chi connectivity index (χ4n) is 2.65. The van der Waals surface area contributed by atoms with Crippen molar-refractivity contribution in [3.63, 3.8) is 0 Å². The Labute approximate surface area is 173 Å². The van der Waals surface area contributed by atoms with Gasteiger partial charge in [0.05, 0.1) is 6.10 Å². The van der Waals surface area contributed by atoms with Crippen molar-refractivity contribution in [2.24, 2.45) is 5.73 Å². The fourth-order valence-corrected chi connectivity index (χ4v) is 2.65. The van der Waals surface area contributed by atoms with Gasteiger partial charge in [0.25, 0.3) is 0 Å². The maximum Gasteiger partial charge on any atom is 0.408 e. The van der Waals surface area contributed by atoms with Gasteiger partial charge in [0.1, 0.15) is 24.4 Å². The number of carbonyl (C=O) groups excluding carboxylic acids is 3. The zero-order valence-electron chi connectivity index (χ0n) is 16.4. The number of carbonyl (C=O) groups is 3. The molecule has 0 fully saturated rings. The highest BCUT2D eigenvalue weighted by Gasteiger charge is 2.29. The lowest BCUT2D eigenvalue weighted by molar-refractivity contribution is -0.130. The predicted octanol–water partition coefficient (Wildman–Crippen LogP) is 0.581. The average molecular weight is 415 g/mol. The van der Waals surface area contributed by atoms with Crippen molar-refractivity contribution in [2.45, 2.75) is 38.1 Å². The number of nitrogens with two attached hydrogens (primary N) is 1. The first-order valence-corrected chi connectivity index (χ1v) is 9.29. The SMILES string of the molecule is C[C@@H](O)[C@H](NC(=O)OCc1ccccc1)C(=O)N[C@@H](Cc1ccc(O)cc1)C(N)=O. The number of alkyl carbamates (subject to hydrolysis) is 1. The van der Waals surface area contributed by atoms with Gasteiger partial charge in [-0.15, -0.1) is 0 Å². The third kappa shape index (κ3) is 7.10. The Morgan fingerprint density at radius 2 is 1.63 bits per heavy atom. The van der Waals surface area contributed by atoms with Gasteiger partial charge in [-0.3, -0.25) is 9.59 Å². The van der Waals surface area contributed by atoms with E-state index in [1.807, 2.05) is 6.07 Å². The molecule has 160 valence electrons. The zero-order chi connectivity index (χ0) is 22.1. The maximum absolute atomic E-state index is 12.6. The van der Waals surface area contributed by atoms with Crippen molar-refractivity contribution in [3.8, 4) is 5.75 Å². The Kier molecular flexibility index (Phi) is 8.18. The van der Waals surface area contributed by atoms with E-state index in [0.717, 1.165) is 5.56 Å². The van der Waals surface area contributed by atoms with Gasteiger partial charge in [0.15, 0.2) is 0 Å². The Morgan fingerprint density at radius 3 is 2.20 bits per heavy atom. The normalized spacial score (nSPS) is 13.5. The molecule has 0 bridgehead atoms. The van der Waals surface area contributed by atoms with Crippen LogP contribution in [-0.4, -0.2) is 46.3 Å². The summed E-state index contributed by atoms with van der Waals surface area (Å²) in [5.74, 6) is -1.51. The number of aliphatic hydroxyl groups is 1. The third-order valence-electron chi connectivity index (χ3n) is 4.29. The molecule has 2 rings (SSSR count). The number of nitrogens with one attached hydrogen (secondary N) is 2. The molecule has 6 N–H and O–H groups in total. The molecule has 30 heavy (non-hydrogen) atoms. The summed E-state index contributed by atoms with van der Waals surface area (Å²) in [6.07, 6.45) is -2.07. The molecule has 0 saturated heterocycles. The lowest BCUT2D eigenvalue weighted by Gasteiger charge is -2.23. The van der Waals surface area contributed by atoms with Crippen LogP contribution >= 0.6 is 0 Å². The second kappa shape index (κ2) is 10.8. The van der Waals surface area contributed by atoms with E-state index < -0.39 is 36.1 Å². The van der Waals surface area contributed by atoms with Crippen molar-refractivity contribution < 1.29 is 29.3 Å². The summed E-state index contributed by atoms with van der Waals surface area (Å²) < 4.78 is 5.06. The number of primary amides is 1. The van der Waals surface area contributed by atoms with Crippen molar-refractivity contribution in [1.29, 1.82) is 0 Å². The molecular weight excluding hydrogens is 390 g/mol. The second-order valence-electron chi connectivity index (χ2n) is 6.76. The molecule has 2 aromatic rings. The van der Waals surface area contributed by atoms with Crippen molar-refractivity contribution in [1.82, 2.24) is 10.6 Å². The number of aliphatic hydroxyl groups excluding tert-OH is 1. The van der Waals surface area contributed by atoms with Crippen molar-refractivity contribution in [3.05, 3.63) is 65.7 Å². The lowest BCUT2D eigenvalue weighted by atomic mass is 10.0. The lowest BCUT2D eigenvalue weighted by Crippen LogP contribution is -2.57. The average Bonchev–Trinajstić information content (AvgIpc) is 2.71. The van der Waals surface area contributed by atoms with Gasteiger partial charge in [-0.2, -0.15) is 0 Å². The molecule has 3 atom stereocenters. The third-order valence-corrected chi connectivity index (χ3v) is 4.29. The van der Waals surface area contributed by atoms with Crippen LogP contribution < -0.4 is 16.4 Å². The number of ether oxygens (including phenoxy) is 1. The maximum atomic E-state index is 12.6. The van der Waals surface area contributed by atoms with E-state index in [1.165, 1.54) is 19.1 Å². The summed E-state index contributed by atoms with van der Waals surface area (Å²) in [5.41, 5.74) is 6.79. The number of rotatable bonds is 9. The molecule has 3 amide bonds. The molecule has 0 saturated carbocycles. The van der Waals surface area contributed by atoms with Gasteiger partial charge in [0.2, 0.25) is 11.8 Å². The van der Waals surface area contributed by atoms with Crippen LogP contribution in [0.2, 0.25) is 0 Å². The van der Waals surface area contributed by atoms with E-state index >= 15 is 0 Å². The number of amides is 3. The Hall–Kier alpha value is -3.59. The van der Waals surface area contributed by atoms with Crippen LogP contribution in [0.4, 0.5) is 4.79 Å². The smallest absolute Gasteiger partial charge is 0.408 e. The number of phenols is 1. The number of phenolic OH excluding ortho intramolecular Hbond substituents is 1. The summed E-state index contributed by atoms with van der Waals surface area (Å²) in [6, 6.07) is 12.6. The highest BCUT2D eigenvalue weighted by molar-refractivity contribution is 5.91. The van der Waals surface area contributed by atoms with Crippen LogP contribution in [0.1, 0.15) is 18.1 Å². The molecular formula is C21H25N3O6. The second-order valence-corrected chi connectivity index (χ2v) is 6.76. The van der Waals surface area contributed by atoms with Crippen LogP contribution in [0, 0.1) is 0 Å². The first kappa shape index (κ1) is 22.7. The standard InChI is InChI=1S/C21H25N3O6/c1-13(25)18(24-21(29)30-12-15-5-3-2-4-6-15)20(28)23-17(19(22)27)11-14-7-9-16(26)10-8-14/h2-10,13,17-18,25-26H,11-12H2,1H3,(H2,22,27)(H,23,28)(H,24,29)/t13-,17+,18+/m1/s1. The molecule has 9 nitrogen and oxygen atoms in total. The molecule has 0 unspecified atom stereocenters. The summed E-state index contributed by atoms with van der Waals surface area (Å²) in [7, 11) is 0. The highest BCUT2D eigenvalue weighted by atomic mass is 16.5. The molecule has 0 aliphatic heterocycles. The first-order valence-electron chi connectivity index (χ1n) is 9.29. The van der Waals surface area contributed by atoms with Gasteiger partial charge in [0, 0.05) is 6.42 Å². The van der Waals surface area contributed by atoms with E-state index in [-0.39, 0.29) is 18.8 Å². The van der Waals surface area contributed by atoms with Gasteiger partial charge < -0.3 is 31.3 Å². The molecule has 9 heteroatoms. The number of aromatic hydroxyl groups is 1. The summed E-state index contributed by atoms with van der Waals surface area (Å²) in [6.45, 7) is 1.31. The number of hydrogen-bond acceptors (Lipinski definition) is 6. The quantitative estimate of drug-likeness (QED) is 0.404. The van der Waals surface area contributed by atoms with Crippen LogP contribution in [0.3, 0.4) is 0 Å². The monoisotopic (exact) mass is 415 g/mol. The minimum atomic E-state index is -1.35. The largest absolute Gasteiger partial charge is 0.508 e. The van der Waals surface area contributed by atoms with E-state index in [0.29, 0.717) is 5.56 Å². The minimum Gasteiger partial charge on any atom is -0.508 e. The Balaban J connectivity index is 1.97. The minimum absolute atomic E-state index is 0.00835. The van der Waals surface area contributed by atoms with Crippen LogP contribution in [0.15, 0.2) is 54.6 Å². The van der Waals surface area contributed by atoms with Crippen LogP contribution in [0.25, 0.3) is 0 Å². The van der Waals surface area contributed by atoms with Gasteiger partial charge >= 0.3 is 6.09 Å². The topological polar surface area (TPSA) is 151 Å². The molecule has 0 aliphatic rings. The summed E-state index contributed by atoms with van der Waals surface area (Å²) >= 11 is 0. The molecule has 0 aromatic heterocycles. The Bertz CT molecular complexity index is 855. The summed E-state index contributed by atoms with van der Waals surface area (Å²) in [4.78, 5) is 36.4. The highest BCUT2D eigenvalue weighted by Crippen LogP contribution is 2.11. The van der Waals surface area contributed by atoms with Crippen molar-refractivity contribution >= 4 is 17.9 Å². The van der Waals surface area contributed by atoms with Crippen LogP contribution in [-0.2, 0) is 27.4 Å². The predicted molar refractivity (Wildman–Crippen MR) is 108 cm³/mol. The number of benzene rings is 2. The van der Waals surface area contributed by atoms with Crippen molar-refractivity contribution in [2.75, 3.05) is 0 Å². The van der Waals surface area contributed by atoms with E-state index in [4.69, 9.17) is 10.5 Å². The molecule has 0 aliphatic carbocycles. The number of hydrogen-bond donors (Lipinski definition) is 5. The van der Waals surface area contributed by atoms with E-state index in [9.17, 15) is 24.6 Å². The van der Waals surface area contributed by atoms with Crippen LogP contribution in [0.5, 0.6) is 5.75 Å². The zero-order valence-corrected chi connectivity index (χ0v) is 16.4.